The minimum Gasteiger partial charge on any atom is -0.378 e. The van der Waals surface area contributed by atoms with E-state index in [4.69, 9.17) is 9.72 Å². The summed E-state index contributed by atoms with van der Waals surface area (Å²) < 4.78 is 8.14. The van der Waals surface area contributed by atoms with Gasteiger partial charge >= 0.3 is 0 Å². The fourth-order valence-electron chi connectivity index (χ4n) is 2.97. The van der Waals surface area contributed by atoms with Crippen LogP contribution in [0.4, 0.5) is 0 Å². The van der Waals surface area contributed by atoms with E-state index in [2.05, 4.69) is 30.3 Å². The molecule has 1 saturated heterocycles. The molecular formula is C16H23N3O. The molecule has 0 radical (unpaired) electrons. The number of nitrogens with zero attached hydrogens (tertiary/aromatic N) is 3. The molecule has 3 rings (SSSR count). The number of imidazole rings is 1. The van der Waals surface area contributed by atoms with Gasteiger partial charge in [-0.15, -0.1) is 0 Å². The van der Waals surface area contributed by atoms with Gasteiger partial charge in [-0.25, -0.2) is 9.97 Å². The Morgan fingerprint density at radius 1 is 1.35 bits per heavy atom. The van der Waals surface area contributed by atoms with Gasteiger partial charge in [0.25, 0.3) is 0 Å². The molecule has 1 atom stereocenters. The maximum atomic E-state index is 5.87. The van der Waals surface area contributed by atoms with E-state index in [0.717, 1.165) is 36.4 Å². The first-order chi connectivity index (χ1) is 9.55. The van der Waals surface area contributed by atoms with Crippen molar-refractivity contribution in [2.75, 3.05) is 6.61 Å². The van der Waals surface area contributed by atoms with Crippen LogP contribution in [0.3, 0.4) is 0 Å². The smallest absolute Gasteiger partial charge is 0.160 e. The molecule has 0 aliphatic carbocycles. The number of pyridine rings is 1. The summed E-state index contributed by atoms with van der Waals surface area (Å²) in [5.74, 6) is 1.10. The first-order valence-electron chi connectivity index (χ1n) is 7.50. The Bertz CT molecular complexity index is 591. The van der Waals surface area contributed by atoms with E-state index in [9.17, 15) is 0 Å². The molecule has 1 unspecified atom stereocenters. The van der Waals surface area contributed by atoms with E-state index in [0.29, 0.717) is 6.10 Å². The molecule has 20 heavy (non-hydrogen) atoms. The Morgan fingerprint density at radius 3 is 2.90 bits per heavy atom. The average Bonchev–Trinajstić information content (AvgIpc) is 2.77. The van der Waals surface area contributed by atoms with Gasteiger partial charge in [0.1, 0.15) is 11.3 Å². The molecule has 3 heterocycles. The third-order valence-corrected chi connectivity index (χ3v) is 3.84. The third-order valence-electron chi connectivity index (χ3n) is 3.84. The standard InChI is InChI=1S/C16H23N3O/c1-16(2,3)19-14(11-12-7-4-5-10-20-12)18-13-8-6-9-17-15(13)19/h6,8-9,12H,4-5,7,10-11H2,1-3H3. The van der Waals surface area contributed by atoms with E-state index in [1.807, 2.05) is 18.3 Å². The molecule has 0 N–H and O–H groups in total. The quantitative estimate of drug-likeness (QED) is 0.843. The fourth-order valence-corrected chi connectivity index (χ4v) is 2.97. The van der Waals surface area contributed by atoms with Crippen LogP contribution in [-0.2, 0) is 16.7 Å². The van der Waals surface area contributed by atoms with Crippen LogP contribution in [0.15, 0.2) is 18.3 Å². The summed E-state index contributed by atoms with van der Waals surface area (Å²) in [7, 11) is 0. The van der Waals surface area contributed by atoms with E-state index < -0.39 is 0 Å². The summed E-state index contributed by atoms with van der Waals surface area (Å²) in [5.41, 5.74) is 1.94. The lowest BCUT2D eigenvalue weighted by molar-refractivity contribution is 0.0148. The molecule has 108 valence electrons. The normalized spacial score (nSPS) is 20.4. The molecule has 4 nitrogen and oxygen atoms in total. The van der Waals surface area contributed by atoms with E-state index >= 15 is 0 Å². The van der Waals surface area contributed by atoms with Gasteiger partial charge in [0.05, 0.1) is 6.10 Å². The van der Waals surface area contributed by atoms with Gasteiger partial charge in [-0.1, -0.05) is 0 Å². The van der Waals surface area contributed by atoms with Gasteiger partial charge in [-0.05, 0) is 52.2 Å². The molecule has 1 aliphatic rings. The summed E-state index contributed by atoms with van der Waals surface area (Å²) in [6.45, 7) is 7.49. The second-order valence-electron chi connectivity index (χ2n) is 6.57. The molecule has 1 aliphatic heterocycles. The molecular weight excluding hydrogens is 250 g/mol. The van der Waals surface area contributed by atoms with Crippen molar-refractivity contribution >= 4 is 11.2 Å². The van der Waals surface area contributed by atoms with E-state index in [1.165, 1.54) is 12.8 Å². The first-order valence-corrected chi connectivity index (χ1v) is 7.50. The highest BCUT2D eigenvalue weighted by Crippen LogP contribution is 2.26. The zero-order valence-electron chi connectivity index (χ0n) is 12.6. The lowest BCUT2D eigenvalue weighted by atomic mass is 10.0. The number of hydrogen-bond acceptors (Lipinski definition) is 3. The number of rotatable bonds is 2. The molecule has 1 fully saturated rings. The van der Waals surface area contributed by atoms with Gasteiger partial charge in [-0.3, -0.25) is 0 Å². The lowest BCUT2D eigenvalue weighted by Crippen LogP contribution is -2.28. The fraction of sp³-hybridized carbons (Fsp3) is 0.625. The van der Waals surface area contributed by atoms with Gasteiger partial charge in [0.2, 0.25) is 0 Å². The Balaban J connectivity index is 2.00. The molecule has 0 spiro atoms. The predicted molar refractivity (Wildman–Crippen MR) is 79.8 cm³/mol. The van der Waals surface area contributed by atoms with Crippen molar-refractivity contribution in [2.24, 2.45) is 0 Å². The zero-order chi connectivity index (χ0) is 14.2. The molecule has 4 heteroatoms. The molecule has 0 saturated carbocycles. The maximum Gasteiger partial charge on any atom is 0.160 e. The summed E-state index contributed by atoms with van der Waals surface area (Å²) in [5, 5.41) is 0. The van der Waals surface area contributed by atoms with Crippen LogP contribution < -0.4 is 0 Å². The van der Waals surface area contributed by atoms with Gasteiger partial charge in [0.15, 0.2) is 5.65 Å². The van der Waals surface area contributed by atoms with Crippen LogP contribution in [-0.4, -0.2) is 27.2 Å². The van der Waals surface area contributed by atoms with Crippen molar-refractivity contribution in [1.29, 1.82) is 0 Å². The van der Waals surface area contributed by atoms with Crippen LogP contribution in [0.1, 0.15) is 45.9 Å². The van der Waals surface area contributed by atoms with Crippen molar-refractivity contribution < 1.29 is 4.74 Å². The Morgan fingerprint density at radius 2 is 2.20 bits per heavy atom. The van der Waals surface area contributed by atoms with Crippen molar-refractivity contribution in [2.45, 2.75) is 58.1 Å². The summed E-state index contributed by atoms with van der Waals surface area (Å²) >= 11 is 0. The summed E-state index contributed by atoms with van der Waals surface area (Å²) in [6, 6.07) is 3.99. The third kappa shape index (κ3) is 2.57. The van der Waals surface area contributed by atoms with Gasteiger partial charge in [0, 0.05) is 24.8 Å². The molecule has 0 amide bonds. The van der Waals surface area contributed by atoms with Crippen LogP contribution >= 0.6 is 0 Å². The predicted octanol–water partition coefficient (Wildman–Crippen LogP) is 3.30. The molecule has 0 bridgehead atoms. The minimum absolute atomic E-state index is 0.0207. The van der Waals surface area contributed by atoms with Crippen LogP contribution in [0.2, 0.25) is 0 Å². The highest BCUT2D eigenvalue weighted by molar-refractivity contribution is 5.71. The monoisotopic (exact) mass is 273 g/mol. The SMILES string of the molecule is CC(C)(C)n1c(CC2CCCCO2)nc2cccnc21. The topological polar surface area (TPSA) is 39.9 Å². The first kappa shape index (κ1) is 13.6. The van der Waals surface area contributed by atoms with Crippen molar-refractivity contribution in [1.82, 2.24) is 14.5 Å². The Labute approximate surface area is 120 Å². The number of hydrogen-bond donors (Lipinski definition) is 0. The van der Waals surface area contributed by atoms with Crippen molar-refractivity contribution in [3.8, 4) is 0 Å². The largest absolute Gasteiger partial charge is 0.378 e. The summed E-state index contributed by atoms with van der Waals surface area (Å²) in [6.07, 6.45) is 6.62. The van der Waals surface area contributed by atoms with Crippen LogP contribution in [0.25, 0.3) is 11.2 Å². The average molecular weight is 273 g/mol. The number of ether oxygens (including phenoxy) is 1. The van der Waals surface area contributed by atoms with Crippen molar-refractivity contribution in [3.05, 3.63) is 24.2 Å². The van der Waals surface area contributed by atoms with Gasteiger partial charge in [-0.2, -0.15) is 0 Å². The summed E-state index contributed by atoms with van der Waals surface area (Å²) in [4.78, 5) is 9.31. The number of fused-ring (bicyclic) bond motifs is 1. The maximum absolute atomic E-state index is 5.87. The lowest BCUT2D eigenvalue weighted by Gasteiger charge is -2.27. The zero-order valence-corrected chi connectivity index (χ0v) is 12.6. The van der Waals surface area contributed by atoms with Gasteiger partial charge < -0.3 is 9.30 Å². The van der Waals surface area contributed by atoms with Crippen LogP contribution in [0, 0.1) is 0 Å². The molecule has 2 aromatic heterocycles. The van der Waals surface area contributed by atoms with E-state index in [-0.39, 0.29) is 5.54 Å². The van der Waals surface area contributed by atoms with Crippen LogP contribution in [0.5, 0.6) is 0 Å². The number of aromatic nitrogens is 3. The Hall–Kier alpha value is -1.42. The highest BCUT2D eigenvalue weighted by atomic mass is 16.5. The highest BCUT2D eigenvalue weighted by Gasteiger charge is 2.25. The molecule has 2 aromatic rings. The Kier molecular flexibility index (Phi) is 3.50. The second kappa shape index (κ2) is 5.17. The second-order valence-corrected chi connectivity index (χ2v) is 6.57. The van der Waals surface area contributed by atoms with Crippen molar-refractivity contribution in [3.63, 3.8) is 0 Å². The van der Waals surface area contributed by atoms with E-state index in [1.54, 1.807) is 0 Å². The minimum atomic E-state index is -0.0207. The molecule has 0 aromatic carbocycles.